The number of esters is 1. The van der Waals surface area contributed by atoms with Gasteiger partial charge in [0.05, 0.1) is 19.8 Å². The lowest BCUT2D eigenvalue weighted by molar-refractivity contribution is -0.142. The summed E-state index contributed by atoms with van der Waals surface area (Å²) in [6.45, 7) is 0.616. The van der Waals surface area contributed by atoms with Gasteiger partial charge in [0, 0.05) is 12.8 Å². The lowest BCUT2D eigenvalue weighted by Crippen LogP contribution is -2.42. The van der Waals surface area contributed by atoms with Crippen molar-refractivity contribution in [3.8, 4) is 0 Å². The number of hydrogen-bond donors (Lipinski definition) is 0. The maximum atomic E-state index is 11.3. The number of rotatable bonds is 4. The van der Waals surface area contributed by atoms with Crippen molar-refractivity contribution in [3.05, 3.63) is 35.9 Å². The third kappa shape index (κ3) is 2.02. The first-order chi connectivity index (χ1) is 8.73. The Morgan fingerprint density at radius 1 is 1.39 bits per heavy atom. The van der Waals surface area contributed by atoms with Gasteiger partial charge in [-0.2, -0.15) is 0 Å². The minimum atomic E-state index is -0.362. The molecule has 1 spiro atoms. The fraction of sp³-hybridized carbons (Fsp3) is 0.500. The maximum Gasteiger partial charge on any atom is 0.338 e. The largest absolute Gasteiger partial charge is 0.467 e. The van der Waals surface area contributed by atoms with Crippen LogP contribution < -0.4 is 0 Å². The second kappa shape index (κ2) is 4.37. The summed E-state index contributed by atoms with van der Waals surface area (Å²) in [5.74, 6) is -0.267. The zero-order valence-corrected chi connectivity index (χ0v) is 10.3. The number of methoxy groups -OCH3 is 1. The molecule has 0 radical (unpaired) electrons. The molecule has 0 amide bonds. The molecule has 2 aliphatic rings. The quantitative estimate of drug-likeness (QED) is 0.601. The van der Waals surface area contributed by atoms with Gasteiger partial charge >= 0.3 is 5.97 Å². The van der Waals surface area contributed by atoms with Gasteiger partial charge in [-0.3, -0.25) is 0 Å². The summed E-state index contributed by atoms with van der Waals surface area (Å²) in [5.41, 5.74) is 0.897. The van der Waals surface area contributed by atoms with Crippen LogP contribution in [-0.4, -0.2) is 30.9 Å². The zero-order chi connectivity index (χ0) is 12.6. The molecular formula is C14H16O4. The van der Waals surface area contributed by atoms with Crippen LogP contribution in [0.1, 0.15) is 18.4 Å². The molecule has 1 aliphatic heterocycles. The highest BCUT2D eigenvalue weighted by Crippen LogP contribution is 2.53. The summed E-state index contributed by atoms with van der Waals surface area (Å²) in [4.78, 5) is 11.3. The van der Waals surface area contributed by atoms with Crippen molar-refractivity contribution in [2.24, 2.45) is 0 Å². The molecule has 2 fully saturated rings. The molecule has 3 rings (SSSR count). The number of epoxide rings is 1. The first-order valence-electron chi connectivity index (χ1n) is 6.15. The molecule has 1 aromatic carbocycles. The van der Waals surface area contributed by atoms with Crippen molar-refractivity contribution < 1.29 is 19.0 Å². The smallest absolute Gasteiger partial charge is 0.338 e. The molecule has 1 saturated carbocycles. The van der Waals surface area contributed by atoms with Crippen molar-refractivity contribution in [2.45, 2.75) is 37.3 Å². The molecular weight excluding hydrogens is 232 g/mol. The number of benzene rings is 1. The van der Waals surface area contributed by atoms with Gasteiger partial charge in [-0.05, 0) is 5.56 Å². The monoisotopic (exact) mass is 248 g/mol. The van der Waals surface area contributed by atoms with E-state index >= 15 is 0 Å². The van der Waals surface area contributed by atoms with Crippen LogP contribution in [0.3, 0.4) is 0 Å². The Bertz CT molecular complexity index is 436. The first kappa shape index (κ1) is 11.7. The molecule has 1 aliphatic carbocycles. The van der Waals surface area contributed by atoms with Gasteiger partial charge in [0.15, 0.2) is 6.10 Å². The summed E-state index contributed by atoms with van der Waals surface area (Å²) in [7, 11) is 1.39. The zero-order valence-electron chi connectivity index (χ0n) is 10.3. The van der Waals surface area contributed by atoms with Crippen LogP contribution in [0.25, 0.3) is 0 Å². The second-order valence-electron chi connectivity index (χ2n) is 4.91. The van der Waals surface area contributed by atoms with Gasteiger partial charge in [-0.15, -0.1) is 0 Å². The normalized spacial score (nSPS) is 32.9. The SMILES string of the molecule is COC(=O)C1OC12CC(OCc1ccccc1)C2. The number of ether oxygens (including phenoxy) is 3. The Balaban J connectivity index is 1.43. The Morgan fingerprint density at radius 3 is 2.78 bits per heavy atom. The standard InChI is InChI=1S/C14H16O4/c1-16-13(15)12-14(18-12)7-11(8-14)17-9-10-5-3-2-4-6-10/h2-6,11-12H,7-9H2,1H3. The Kier molecular flexibility index (Phi) is 2.84. The topological polar surface area (TPSA) is 48.1 Å². The molecule has 1 unspecified atom stereocenters. The molecule has 4 heteroatoms. The fourth-order valence-electron chi connectivity index (χ4n) is 2.50. The number of carbonyl (C=O) groups is 1. The molecule has 96 valence electrons. The Labute approximate surface area is 106 Å². The average molecular weight is 248 g/mol. The molecule has 4 nitrogen and oxygen atoms in total. The van der Waals surface area contributed by atoms with E-state index in [9.17, 15) is 4.79 Å². The summed E-state index contributed by atoms with van der Waals surface area (Å²) < 4.78 is 15.9. The minimum Gasteiger partial charge on any atom is -0.467 e. The summed E-state index contributed by atoms with van der Waals surface area (Å²) in [6.07, 6.45) is 1.41. The molecule has 1 saturated heterocycles. The highest BCUT2D eigenvalue weighted by Gasteiger charge is 2.68. The predicted molar refractivity (Wildman–Crippen MR) is 63.9 cm³/mol. The van der Waals surface area contributed by atoms with Crippen LogP contribution in [-0.2, 0) is 25.6 Å². The van der Waals surface area contributed by atoms with Crippen LogP contribution in [0.15, 0.2) is 30.3 Å². The van der Waals surface area contributed by atoms with Crippen molar-refractivity contribution in [1.82, 2.24) is 0 Å². The third-order valence-electron chi connectivity index (χ3n) is 3.66. The number of hydrogen-bond acceptors (Lipinski definition) is 4. The molecule has 18 heavy (non-hydrogen) atoms. The van der Waals surface area contributed by atoms with Gasteiger partial charge < -0.3 is 14.2 Å². The van der Waals surface area contributed by atoms with Crippen molar-refractivity contribution in [3.63, 3.8) is 0 Å². The van der Waals surface area contributed by atoms with E-state index in [1.54, 1.807) is 0 Å². The lowest BCUT2D eigenvalue weighted by Gasteiger charge is -2.33. The molecule has 0 bridgehead atoms. The van der Waals surface area contributed by atoms with Crippen LogP contribution in [0.5, 0.6) is 0 Å². The van der Waals surface area contributed by atoms with Gasteiger partial charge in [0.2, 0.25) is 0 Å². The van der Waals surface area contributed by atoms with Crippen molar-refractivity contribution in [1.29, 1.82) is 0 Å². The van der Waals surface area contributed by atoms with E-state index in [0.717, 1.165) is 12.8 Å². The highest BCUT2D eigenvalue weighted by molar-refractivity contribution is 5.79. The highest BCUT2D eigenvalue weighted by atomic mass is 16.7. The van der Waals surface area contributed by atoms with Crippen LogP contribution in [0, 0.1) is 0 Å². The van der Waals surface area contributed by atoms with Crippen molar-refractivity contribution >= 4 is 5.97 Å². The summed E-state index contributed by atoms with van der Waals surface area (Å²) in [5, 5.41) is 0. The van der Waals surface area contributed by atoms with Gasteiger partial charge in [-0.1, -0.05) is 30.3 Å². The van der Waals surface area contributed by atoms with Crippen LogP contribution in [0.2, 0.25) is 0 Å². The summed E-state index contributed by atoms with van der Waals surface area (Å²) in [6, 6.07) is 10.1. The number of carbonyl (C=O) groups excluding carboxylic acids is 1. The minimum absolute atomic E-state index is 0.194. The second-order valence-corrected chi connectivity index (χ2v) is 4.91. The van der Waals surface area contributed by atoms with E-state index in [2.05, 4.69) is 4.74 Å². The van der Waals surface area contributed by atoms with E-state index in [1.165, 1.54) is 12.7 Å². The Morgan fingerprint density at radius 2 is 2.11 bits per heavy atom. The van der Waals surface area contributed by atoms with E-state index < -0.39 is 0 Å². The van der Waals surface area contributed by atoms with E-state index in [1.807, 2.05) is 30.3 Å². The Hall–Kier alpha value is -1.39. The van der Waals surface area contributed by atoms with Crippen LogP contribution >= 0.6 is 0 Å². The molecule has 1 heterocycles. The van der Waals surface area contributed by atoms with Gasteiger partial charge in [0.1, 0.15) is 5.60 Å². The van der Waals surface area contributed by atoms with E-state index in [-0.39, 0.29) is 23.8 Å². The molecule has 1 aromatic rings. The van der Waals surface area contributed by atoms with Gasteiger partial charge in [0.25, 0.3) is 0 Å². The van der Waals surface area contributed by atoms with E-state index in [4.69, 9.17) is 9.47 Å². The fourth-order valence-corrected chi connectivity index (χ4v) is 2.50. The molecule has 0 aromatic heterocycles. The molecule has 0 N–H and O–H groups in total. The van der Waals surface area contributed by atoms with E-state index in [0.29, 0.717) is 6.61 Å². The maximum absolute atomic E-state index is 11.3. The van der Waals surface area contributed by atoms with Gasteiger partial charge in [-0.25, -0.2) is 4.79 Å². The predicted octanol–water partition coefficient (Wildman–Crippen LogP) is 1.68. The summed E-state index contributed by atoms with van der Waals surface area (Å²) >= 11 is 0. The first-order valence-corrected chi connectivity index (χ1v) is 6.15. The average Bonchev–Trinajstić information content (AvgIpc) is 3.11. The van der Waals surface area contributed by atoms with Crippen LogP contribution in [0.4, 0.5) is 0 Å². The lowest BCUT2D eigenvalue weighted by atomic mass is 9.79. The molecule has 1 atom stereocenters. The third-order valence-corrected chi connectivity index (χ3v) is 3.66. The van der Waals surface area contributed by atoms with Crippen molar-refractivity contribution in [2.75, 3.05) is 7.11 Å².